The lowest BCUT2D eigenvalue weighted by Gasteiger charge is -2.38. The second-order valence-corrected chi connectivity index (χ2v) is 22.3. The molecular formula is C48H51ClN5O6SSi+. The van der Waals surface area contributed by atoms with Gasteiger partial charge in [-0.15, -0.1) is 11.3 Å². The van der Waals surface area contributed by atoms with Crippen LogP contribution in [0.2, 0.25) is 18.1 Å². The Balaban J connectivity index is 1.04. The van der Waals surface area contributed by atoms with Crippen LogP contribution in [0.5, 0.6) is 5.75 Å². The number of anilines is 1. The van der Waals surface area contributed by atoms with Crippen molar-refractivity contribution < 1.29 is 33.6 Å². The molecule has 0 bridgehead atoms. The Bertz CT molecular complexity index is 2790. The first-order chi connectivity index (χ1) is 29.5. The summed E-state index contributed by atoms with van der Waals surface area (Å²) >= 11 is 7.05. The summed E-state index contributed by atoms with van der Waals surface area (Å²) in [5, 5.41) is 20.2. The first-order valence-corrected chi connectivity index (χ1v) is 24.6. The van der Waals surface area contributed by atoms with E-state index >= 15 is 0 Å². The molecule has 0 saturated heterocycles. The van der Waals surface area contributed by atoms with Gasteiger partial charge in [0, 0.05) is 72.3 Å². The van der Waals surface area contributed by atoms with Crippen molar-refractivity contribution >= 4 is 87.8 Å². The largest absolute Gasteiger partial charge is 0.497 e. The number of nitrogens with zero attached hydrogens (tertiary/aromatic N) is 3. The Labute approximate surface area is 371 Å². The second-order valence-electron chi connectivity index (χ2n) is 16.5. The first kappa shape index (κ1) is 44.0. The van der Waals surface area contributed by atoms with E-state index in [1.807, 2.05) is 47.2 Å². The number of hydrogen-bond donors (Lipinski definition) is 3. The van der Waals surface area contributed by atoms with Crippen LogP contribution in [0, 0.1) is 6.92 Å². The number of carboxylic acids is 1. The molecule has 1 aliphatic carbocycles. The number of allylic oxidation sites excluding steroid dienone is 5. The van der Waals surface area contributed by atoms with Gasteiger partial charge in [-0.2, -0.15) is 0 Å². The van der Waals surface area contributed by atoms with Gasteiger partial charge in [-0.05, 0) is 119 Å². The summed E-state index contributed by atoms with van der Waals surface area (Å²) in [4.78, 5) is 56.0. The molecule has 14 heteroatoms. The zero-order valence-corrected chi connectivity index (χ0v) is 38.8. The molecule has 320 valence electrons. The lowest BCUT2D eigenvalue weighted by atomic mass is 9.89. The highest BCUT2D eigenvalue weighted by molar-refractivity contribution is 7.16. The number of unbranched alkanes of at least 4 members (excludes halogenated alkanes) is 1. The molecular weight excluding hydrogens is 838 g/mol. The number of thiophene rings is 1. The van der Waals surface area contributed by atoms with E-state index in [4.69, 9.17) is 16.3 Å². The van der Waals surface area contributed by atoms with Gasteiger partial charge in [-0.3, -0.25) is 19.0 Å². The fraction of sp³-hybridized carbons (Fsp3) is 0.271. The van der Waals surface area contributed by atoms with Crippen molar-refractivity contribution in [3.8, 4) is 5.75 Å². The van der Waals surface area contributed by atoms with Crippen molar-refractivity contribution in [1.82, 2.24) is 15.2 Å². The van der Waals surface area contributed by atoms with E-state index in [9.17, 15) is 24.3 Å². The third-order valence-electron chi connectivity index (χ3n) is 11.7. The molecule has 0 radical (unpaired) electrons. The van der Waals surface area contributed by atoms with Gasteiger partial charge in [-0.1, -0.05) is 30.8 Å². The van der Waals surface area contributed by atoms with Gasteiger partial charge in [-0.25, -0.2) is 9.37 Å². The quantitative estimate of drug-likeness (QED) is 0.0635. The summed E-state index contributed by atoms with van der Waals surface area (Å²) in [5.41, 5.74) is 8.02. The zero-order chi connectivity index (χ0) is 44.6. The lowest BCUT2D eigenvalue weighted by Crippen LogP contribution is -2.49. The Morgan fingerprint density at radius 2 is 1.63 bits per heavy atom. The summed E-state index contributed by atoms with van der Waals surface area (Å²) < 4.78 is 9.16. The fourth-order valence-corrected chi connectivity index (χ4v) is 12.4. The molecule has 7 rings (SSSR count). The average molecular weight is 890 g/mol. The molecule has 1 aliphatic heterocycles. The maximum absolute atomic E-state index is 13.7. The summed E-state index contributed by atoms with van der Waals surface area (Å²) in [6.45, 7) is 7.22. The first-order valence-electron chi connectivity index (χ1n) is 20.4. The van der Waals surface area contributed by atoms with Gasteiger partial charge in [0.05, 0.1) is 23.9 Å². The van der Waals surface area contributed by atoms with Crippen LogP contribution in [0.3, 0.4) is 0 Å². The number of aromatic carboxylic acids is 1. The normalized spacial score (nSPS) is 14.0. The van der Waals surface area contributed by atoms with Crippen LogP contribution in [0.15, 0.2) is 95.7 Å². The monoisotopic (exact) mass is 888 g/mol. The van der Waals surface area contributed by atoms with Crippen LogP contribution < -0.4 is 25.5 Å². The van der Waals surface area contributed by atoms with E-state index in [1.54, 1.807) is 48.1 Å². The maximum Gasteiger partial charge on any atom is 0.346 e. The minimum absolute atomic E-state index is 0.0566. The highest BCUT2D eigenvalue weighted by Gasteiger charge is 2.41. The summed E-state index contributed by atoms with van der Waals surface area (Å²) in [6, 6.07) is 20.3. The number of benzene rings is 3. The number of carbonyl (C=O) groups is 4. The Kier molecular flexibility index (Phi) is 12.6. The second kappa shape index (κ2) is 17.8. The van der Waals surface area contributed by atoms with E-state index in [2.05, 4.69) is 69.6 Å². The Morgan fingerprint density at radius 1 is 0.919 bits per heavy atom. The molecule has 0 fully saturated rings. The molecule has 0 unspecified atom stereocenters. The number of nitrogens with one attached hydrogen (secondary N) is 2. The van der Waals surface area contributed by atoms with Crippen LogP contribution in [-0.2, 0) is 11.2 Å². The smallest absolute Gasteiger partial charge is 0.346 e. The van der Waals surface area contributed by atoms with Crippen molar-refractivity contribution in [2.24, 2.45) is 0 Å². The predicted molar refractivity (Wildman–Crippen MR) is 252 cm³/mol. The molecule has 5 aromatic rings. The SMILES string of the molecule is COc1ccc2c(c1)c(CC(=O)NCCCCNC(=O)c1cc(C3=C4C=CC(=[N+](C)C)C=C4[Si](C)(C)c4cc(N(C)C)ccc43)c(C(=O)O)s1)c(C)n2C(=O)c1ccc(Cl)cc1. The third kappa shape index (κ3) is 8.44. The highest BCUT2D eigenvalue weighted by Crippen LogP contribution is 2.44. The van der Waals surface area contributed by atoms with Crippen molar-refractivity contribution in [2.75, 3.05) is 53.3 Å². The van der Waals surface area contributed by atoms with Gasteiger partial charge in [0.15, 0.2) is 5.71 Å². The number of halogens is 1. The molecule has 0 spiro atoms. The number of rotatable bonds is 13. The predicted octanol–water partition coefficient (Wildman–Crippen LogP) is 7.47. The number of methoxy groups -OCH3 is 1. The van der Waals surface area contributed by atoms with E-state index in [0.717, 1.165) is 50.4 Å². The van der Waals surface area contributed by atoms with E-state index < -0.39 is 14.0 Å². The van der Waals surface area contributed by atoms with Crippen molar-refractivity contribution in [1.29, 1.82) is 0 Å². The van der Waals surface area contributed by atoms with Gasteiger partial charge < -0.3 is 25.4 Å². The number of amides is 2. The van der Waals surface area contributed by atoms with Crippen LogP contribution in [0.1, 0.15) is 64.9 Å². The van der Waals surface area contributed by atoms with Gasteiger partial charge in [0.2, 0.25) is 5.91 Å². The summed E-state index contributed by atoms with van der Waals surface area (Å²) in [7, 11) is 7.37. The maximum atomic E-state index is 13.7. The number of carbonyl (C=O) groups excluding carboxylic acids is 3. The summed E-state index contributed by atoms with van der Waals surface area (Å²) in [6.07, 6.45) is 7.64. The topological polar surface area (TPSA) is 133 Å². The van der Waals surface area contributed by atoms with E-state index in [-0.39, 0.29) is 29.0 Å². The minimum Gasteiger partial charge on any atom is -0.497 e. The van der Waals surface area contributed by atoms with Crippen molar-refractivity contribution in [2.45, 2.75) is 39.3 Å². The van der Waals surface area contributed by atoms with Crippen LogP contribution in [0.4, 0.5) is 5.69 Å². The number of ether oxygens (including phenoxy) is 1. The van der Waals surface area contributed by atoms with Crippen molar-refractivity contribution in [3.63, 3.8) is 0 Å². The molecule has 11 nitrogen and oxygen atoms in total. The van der Waals surface area contributed by atoms with Gasteiger partial charge in [0.25, 0.3) is 11.8 Å². The Morgan fingerprint density at radius 3 is 2.29 bits per heavy atom. The van der Waals surface area contributed by atoms with Crippen LogP contribution in [0.25, 0.3) is 16.5 Å². The van der Waals surface area contributed by atoms with Crippen LogP contribution in [-0.4, -0.2) is 100 Å². The molecule has 3 heterocycles. The standard InChI is InChI=1S/C48H50ClN5O6SSi/c1-28-36(37-25-33(60-6)17-20-39(37)54(28)47(57)29-11-13-30(49)14-12-29)27-43(55)50-21-9-10-22-51-46(56)40-26-38(45(61-40)48(58)59)44-34-18-15-31(52(2)3)23-41(34)62(7,8)42-24-32(53(4)5)16-19-35(42)44/h11-20,23-26H,9-10,21-22,27H2,1-8H3,(H2-,50,51,55,56,58,59)/p+1. The molecule has 2 aromatic heterocycles. The Hall–Kier alpha value is -6.02. The number of fused-ring (bicyclic) bond motifs is 3. The van der Waals surface area contributed by atoms with Gasteiger partial charge in [0.1, 0.15) is 32.8 Å². The van der Waals surface area contributed by atoms with Crippen LogP contribution >= 0.6 is 22.9 Å². The summed E-state index contributed by atoms with van der Waals surface area (Å²) in [5.74, 6) is -1.25. The molecule has 0 saturated carbocycles. The molecule has 3 N–H and O–H groups in total. The molecule has 2 aliphatic rings. The highest BCUT2D eigenvalue weighted by atomic mass is 35.5. The molecule has 0 atom stereocenters. The molecule has 2 amide bonds. The fourth-order valence-electron chi connectivity index (χ4n) is 8.30. The third-order valence-corrected chi connectivity index (χ3v) is 16.6. The van der Waals surface area contributed by atoms with E-state index in [0.29, 0.717) is 63.9 Å². The van der Waals surface area contributed by atoms with Gasteiger partial charge >= 0.3 is 5.97 Å². The number of hydrogen-bond acceptors (Lipinski definition) is 7. The lowest BCUT2D eigenvalue weighted by molar-refractivity contribution is -0.462. The number of aromatic nitrogens is 1. The average Bonchev–Trinajstić information content (AvgIpc) is 3.80. The van der Waals surface area contributed by atoms with E-state index in [1.165, 1.54) is 10.4 Å². The van der Waals surface area contributed by atoms with Crippen molar-refractivity contribution in [3.05, 3.63) is 138 Å². The number of carboxylic acid groups (broad SMARTS) is 1. The minimum atomic E-state index is -2.26. The zero-order valence-electron chi connectivity index (χ0n) is 36.2. The molecule has 3 aromatic carbocycles. The molecule has 62 heavy (non-hydrogen) atoms.